The minimum absolute atomic E-state index is 0.0165. The van der Waals surface area contributed by atoms with Gasteiger partial charge in [-0.3, -0.25) is 9.79 Å². The molecule has 2 unspecified atom stereocenters. The summed E-state index contributed by atoms with van der Waals surface area (Å²) in [7, 11) is 0. The third-order valence-corrected chi connectivity index (χ3v) is 8.14. The van der Waals surface area contributed by atoms with Gasteiger partial charge < -0.3 is 15.0 Å². The summed E-state index contributed by atoms with van der Waals surface area (Å²) in [6.07, 6.45) is 15.1. The molecule has 1 aromatic rings. The summed E-state index contributed by atoms with van der Waals surface area (Å²) in [5.41, 5.74) is 1.51. The topological polar surface area (TPSA) is 83.4 Å². The highest BCUT2D eigenvalue weighted by Crippen LogP contribution is 2.52. The Bertz CT molecular complexity index is 988. The molecule has 1 amide bonds. The van der Waals surface area contributed by atoms with Crippen molar-refractivity contribution in [3.05, 3.63) is 64.9 Å². The van der Waals surface area contributed by atoms with Crippen molar-refractivity contribution in [2.24, 2.45) is 21.5 Å². The van der Waals surface area contributed by atoms with Crippen LogP contribution in [0.25, 0.3) is 0 Å². The van der Waals surface area contributed by atoms with E-state index < -0.39 is 12.1 Å². The molecular formula is C27H34N4O3. The number of ether oxygens (including phenoxy) is 1. The van der Waals surface area contributed by atoms with Crippen LogP contribution in [0.5, 0.6) is 0 Å². The Morgan fingerprint density at radius 1 is 1.24 bits per heavy atom. The summed E-state index contributed by atoms with van der Waals surface area (Å²) < 4.78 is 6.27. The first-order valence-corrected chi connectivity index (χ1v) is 12.6. The van der Waals surface area contributed by atoms with Gasteiger partial charge in [0.15, 0.2) is 11.6 Å². The molecule has 1 N–H and O–H groups in total. The van der Waals surface area contributed by atoms with Gasteiger partial charge >= 0.3 is 0 Å². The van der Waals surface area contributed by atoms with E-state index in [1.165, 1.54) is 44.9 Å². The predicted octanol–water partition coefficient (Wildman–Crippen LogP) is 4.87. The van der Waals surface area contributed by atoms with Crippen LogP contribution in [0.2, 0.25) is 0 Å². The Labute approximate surface area is 201 Å². The monoisotopic (exact) mass is 462 g/mol. The number of rotatable bonds is 8. The molecule has 0 aromatic heterocycles. The van der Waals surface area contributed by atoms with E-state index in [2.05, 4.69) is 10.5 Å². The molecule has 0 radical (unpaired) electrons. The predicted molar refractivity (Wildman–Crippen MR) is 132 cm³/mol. The van der Waals surface area contributed by atoms with Crippen LogP contribution in [-0.4, -0.2) is 41.9 Å². The molecule has 2 fully saturated rings. The molecule has 3 atom stereocenters. The number of amides is 1. The molecule has 2 aliphatic carbocycles. The average molecular weight is 463 g/mol. The summed E-state index contributed by atoms with van der Waals surface area (Å²) in [5, 5.41) is 6.06. The second kappa shape index (κ2) is 9.72. The smallest absolute Gasteiger partial charge is 0.245 e. The lowest BCUT2D eigenvalue weighted by Gasteiger charge is -2.47. The van der Waals surface area contributed by atoms with Gasteiger partial charge in [-0.15, -0.1) is 0 Å². The maximum absolute atomic E-state index is 13.3. The van der Waals surface area contributed by atoms with Crippen LogP contribution in [0, 0.1) is 16.2 Å². The van der Waals surface area contributed by atoms with E-state index in [9.17, 15) is 9.70 Å². The Balaban J connectivity index is 1.20. The fourth-order valence-corrected chi connectivity index (χ4v) is 5.90. The second-order valence-corrected chi connectivity index (χ2v) is 10.3. The number of hydrogen-bond acceptors (Lipinski definition) is 6. The van der Waals surface area contributed by atoms with Crippen molar-refractivity contribution in [1.29, 1.82) is 0 Å². The van der Waals surface area contributed by atoms with Gasteiger partial charge in [-0.1, -0.05) is 41.9 Å². The van der Waals surface area contributed by atoms with Crippen LogP contribution < -0.4 is 5.32 Å². The number of fused-ring (bicyclic) bond motifs is 1. The van der Waals surface area contributed by atoms with E-state index in [1.54, 1.807) is 0 Å². The van der Waals surface area contributed by atoms with E-state index in [4.69, 9.17) is 9.73 Å². The summed E-state index contributed by atoms with van der Waals surface area (Å²) in [5.74, 6) is 1.87. The molecule has 2 heterocycles. The highest BCUT2D eigenvalue weighted by Gasteiger charge is 2.42. The number of benzene rings is 1. The lowest BCUT2D eigenvalue weighted by atomic mass is 9.59. The second-order valence-electron chi connectivity index (χ2n) is 10.3. The zero-order valence-corrected chi connectivity index (χ0v) is 19.9. The lowest BCUT2D eigenvalue weighted by molar-refractivity contribution is -0.125. The quantitative estimate of drug-likeness (QED) is 0.559. The highest BCUT2D eigenvalue weighted by molar-refractivity contribution is 6.03. The Morgan fingerprint density at radius 2 is 2.00 bits per heavy atom. The Morgan fingerprint density at radius 3 is 2.68 bits per heavy atom. The van der Waals surface area contributed by atoms with Crippen molar-refractivity contribution in [3.8, 4) is 0 Å². The Hall–Kier alpha value is -2.96. The molecule has 5 rings (SSSR count). The molecular weight excluding hydrogens is 428 g/mol. The molecule has 1 aromatic carbocycles. The van der Waals surface area contributed by atoms with Gasteiger partial charge in [0.05, 0.1) is 18.7 Å². The molecule has 34 heavy (non-hydrogen) atoms. The number of hydrogen-bond donors (Lipinski definition) is 1. The van der Waals surface area contributed by atoms with Crippen LogP contribution in [-0.2, 0) is 9.53 Å². The van der Waals surface area contributed by atoms with Gasteiger partial charge in [0.1, 0.15) is 12.6 Å². The van der Waals surface area contributed by atoms with Crippen LogP contribution in [0.1, 0.15) is 63.5 Å². The first-order valence-electron chi connectivity index (χ1n) is 12.6. The van der Waals surface area contributed by atoms with Gasteiger partial charge in [0, 0.05) is 6.20 Å². The van der Waals surface area contributed by atoms with Crippen molar-refractivity contribution in [1.82, 2.24) is 10.2 Å². The lowest BCUT2D eigenvalue weighted by Crippen LogP contribution is -2.49. The molecule has 7 nitrogen and oxygen atoms in total. The number of nitroso groups, excluding NO2 is 1. The molecule has 180 valence electrons. The van der Waals surface area contributed by atoms with E-state index in [1.807, 2.05) is 60.5 Å². The standard InChI is InChI=1S/C27H34N4O3/c1-19-24(26(32)30-22(17-28-33)21-7-3-2-4-8-21)31-16-5-9-23(25(31)29-19)34-18-20-10-14-27(15-11-20)12-6-13-27/h2-5,7-9,16,19-20,22,24H,6,10-15,17-18H2,1H3,(H,30,32)/t19?,22-,24?/m0/s1. The number of amidine groups is 1. The molecule has 0 bridgehead atoms. The zero-order chi connectivity index (χ0) is 23.5. The van der Waals surface area contributed by atoms with Gasteiger partial charge in [-0.25, -0.2) is 0 Å². The van der Waals surface area contributed by atoms with Crippen LogP contribution >= 0.6 is 0 Å². The maximum Gasteiger partial charge on any atom is 0.245 e. The summed E-state index contributed by atoms with van der Waals surface area (Å²) >= 11 is 0. The summed E-state index contributed by atoms with van der Waals surface area (Å²) in [6.45, 7) is 2.63. The first-order chi connectivity index (χ1) is 16.6. The number of allylic oxidation sites excluding steroid dienone is 2. The van der Waals surface area contributed by atoms with Crippen LogP contribution in [0.4, 0.5) is 0 Å². The van der Waals surface area contributed by atoms with Gasteiger partial charge in [0.2, 0.25) is 5.91 Å². The molecule has 7 heteroatoms. The number of aliphatic imine (C=N–C) groups is 1. The van der Waals surface area contributed by atoms with E-state index in [-0.39, 0.29) is 18.5 Å². The van der Waals surface area contributed by atoms with Crippen LogP contribution in [0.3, 0.4) is 0 Å². The van der Waals surface area contributed by atoms with Crippen molar-refractivity contribution in [2.75, 3.05) is 13.2 Å². The molecule has 4 aliphatic rings. The van der Waals surface area contributed by atoms with E-state index >= 15 is 0 Å². The van der Waals surface area contributed by atoms with Gasteiger partial charge in [-0.05, 0) is 74.5 Å². The number of nitrogens with one attached hydrogen (secondary N) is 1. The fraction of sp³-hybridized carbons (Fsp3) is 0.556. The maximum atomic E-state index is 13.3. The molecule has 2 saturated carbocycles. The van der Waals surface area contributed by atoms with E-state index in [0.717, 1.165) is 11.3 Å². The molecule has 0 saturated heterocycles. The minimum atomic E-state index is -0.496. The Kier molecular flexibility index (Phi) is 6.53. The van der Waals surface area contributed by atoms with Gasteiger partial charge in [0.25, 0.3) is 0 Å². The number of carbonyl (C=O) groups excluding carboxylic acids is 1. The number of nitrogens with zero attached hydrogens (tertiary/aromatic N) is 3. The SMILES string of the molecule is CC1N=C2C(OCC3CCC4(CCC4)CC3)=CC=CN2C1C(=O)N[C@@H](CN=O)c1ccccc1. The van der Waals surface area contributed by atoms with Crippen molar-refractivity contribution >= 4 is 11.7 Å². The minimum Gasteiger partial charge on any atom is -0.489 e. The normalized spacial score (nSPS) is 26.2. The number of carbonyl (C=O) groups is 1. The van der Waals surface area contributed by atoms with Gasteiger partial charge in [-0.2, -0.15) is 4.91 Å². The molecule has 2 aliphatic heterocycles. The zero-order valence-electron chi connectivity index (χ0n) is 19.9. The summed E-state index contributed by atoms with van der Waals surface area (Å²) in [4.78, 5) is 31.0. The first kappa shape index (κ1) is 22.8. The highest BCUT2D eigenvalue weighted by atomic mass is 16.5. The van der Waals surface area contributed by atoms with Crippen molar-refractivity contribution < 1.29 is 9.53 Å². The third kappa shape index (κ3) is 4.52. The van der Waals surface area contributed by atoms with Crippen molar-refractivity contribution in [2.45, 2.75) is 70.0 Å². The van der Waals surface area contributed by atoms with Crippen molar-refractivity contribution in [3.63, 3.8) is 0 Å². The van der Waals surface area contributed by atoms with Crippen LogP contribution in [0.15, 0.2) is 64.6 Å². The summed E-state index contributed by atoms with van der Waals surface area (Å²) in [6, 6.07) is 8.27. The fourth-order valence-electron chi connectivity index (χ4n) is 5.90. The third-order valence-electron chi connectivity index (χ3n) is 8.14. The average Bonchev–Trinajstić information content (AvgIpc) is 3.18. The largest absolute Gasteiger partial charge is 0.489 e. The van der Waals surface area contributed by atoms with E-state index in [0.29, 0.717) is 23.8 Å². The molecule has 1 spiro atoms.